The van der Waals surface area contributed by atoms with Crippen LogP contribution in [-0.4, -0.2) is 29.0 Å². The smallest absolute Gasteiger partial charge is 0.322 e. The van der Waals surface area contributed by atoms with Gasteiger partial charge in [-0.15, -0.1) is 0 Å². The van der Waals surface area contributed by atoms with Crippen LogP contribution in [0.1, 0.15) is 6.42 Å². The van der Waals surface area contributed by atoms with E-state index in [1.165, 1.54) is 0 Å². The van der Waals surface area contributed by atoms with Crippen molar-refractivity contribution in [2.24, 2.45) is 0 Å². The molecule has 4 nitrogen and oxygen atoms in total. The van der Waals surface area contributed by atoms with Gasteiger partial charge in [-0.3, -0.25) is 10.1 Å². The fourth-order valence-electron chi connectivity index (χ4n) is 1.37. The van der Waals surface area contributed by atoms with E-state index in [2.05, 4.69) is 10.6 Å². The maximum Gasteiger partial charge on any atom is 0.322 e. The van der Waals surface area contributed by atoms with E-state index in [1.54, 1.807) is 11.8 Å². The molecule has 1 unspecified atom stereocenters. The van der Waals surface area contributed by atoms with Gasteiger partial charge in [0, 0.05) is 5.75 Å². The summed E-state index contributed by atoms with van der Waals surface area (Å²) in [7, 11) is 0. The lowest BCUT2D eigenvalue weighted by Gasteiger charge is -2.16. The van der Waals surface area contributed by atoms with Crippen molar-refractivity contribution in [3.63, 3.8) is 0 Å². The molecule has 0 saturated carbocycles. The summed E-state index contributed by atoms with van der Waals surface area (Å²) in [6, 6.07) is -0.350. The summed E-state index contributed by atoms with van der Waals surface area (Å²) in [6.45, 7) is 0. The van der Waals surface area contributed by atoms with Crippen LogP contribution in [0.5, 0.6) is 0 Å². The van der Waals surface area contributed by atoms with Crippen LogP contribution in [0.2, 0.25) is 0 Å². The molecule has 11 heavy (non-hydrogen) atoms. The zero-order valence-electron chi connectivity index (χ0n) is 5.85. The molecule has 0 bridgehead atoms. The van der Waals surface area contributed by atoms with Crippen LogP contribution < -0.4 is 10.6 Å². The molecule has 2 aliphatic rings. The van der Waals surface area contributed by atoms with E-state index >= 15 is 0 Å². The topological polar surface area (TPSA) is 58.2 Å². The first kappa shape index (κ1) is 6.97. The maximum atomic E-state index is 11.2. The zero-order valence-corrected chi connectivity index (χ0v) is 6.66. The van der Waals surface area contributed by atoms with Crippen LogP contribution in [-0.2, 0) is 4.79 Å². The average molecular weight is 172 g/mol. The molecule has 2 aliphatic heterocycles. The molecule has 2 N–H and O–H groups in total. The summed E-state index contributed by atoms with van der Waals surface area (Å²) in [4.78, 5) is 22.0. The van der Waals surface area contributed by atoms with Gasteiger partial charge in [-0.25, -0.2) is 4.79 Å². The first-order chi connectivity index (χ1) is 5.23. The molecule has 2 fully saturated rings. The highest BCUT2D eigenvalue weighted by atomic mass is 32.2. The van der Waals surface area contributed by atoms with E-state index in [0.29, 0.717) is 5.75 Å². The minimum absolute atomic E-state index is 0.160. The van der Waals surface area contributed by atoms with Crippen LogP contribution in [0.4, 0.5) is 4.79 Å². The number of hydrogen-bond acceptors (Lipinski definition) is 3. The van der Waals surface area contributed by atoms with Crippen molar-refractivity contribution in [1.29, 1.82) is 0 Å². The Labute approximate surface area is 68.1 Å². The molecule has 2 rings (SSSR count). The molecule has 0 aromatic rings. The molecule has 2 saturated heterocycles. The third-order valence-corrected chi connectivity index (χ3v) is 3.23. The summed E-state index contributed by atoms with van der Waals surface area (Å²) in [5.41, 5.74) is -0.568. The SMILES string of the molecule is O=C1NC(=O)C2(CCSC2)N1. The van der Waals surface area contributed by atoms with Gasteiger partial charge in [0.2, 0.25) is 0 Å². The lowest BCUT2D eigenvalue weighted by atomic mass is 10.0. The highest BCUT2D eigenvalue weighted by molar-refractivity contribution is 7.99. The second-order valence-electron chi connectivity index (χ2n) is 2.79. The number of hydrogen-bond donors (Lipinski definition) is 2. The van der Waals surface area contributed by atoms with Crippen LogP contribution in [0, 0.1) is 0 Å². The van der Waals surface area contributed by atoms with Crippen LogP contribution in [0.15, 0.2) is 0 Å². The molecule has 1 spiro atoms. The van der Waals surface area contributed by atoms with E-state index in [0.717, 1.165) is 12.2 Å². The lowest BCUT2D eigenvalue weighted by molar-refractivity contribution is -0.123. The fraction of sp³-hybridized carbons (Fsp3) is 0.667. The Morgan fingerprint density at radius 1 is 1.45 bits per heavy atom. The highest BCUT2D eigenvalue weighted by Gasteiger charge is 2.48. The van der Waals surface area contributed by atoms with Gasteiger partial charge >= 0.3 is 6.03 Å². The number of imide groups is 1. The third-order valence-electron chi connectivity index (χ3n) is 2.04. The Balaban J connectivity index is 2.24. The quantitative estimate of drug-likeness (QED) is 0.493. The molecular weight excluding hydrogens is 164 g/mol. The number of carbonyl (C=O) groups excluding carboxylic acids is 2. The van der Waals surface area contributed by atoms with Gasteiger partial charge in [0.1, 0.15) is 5.54 Å². The van der Waals surface area contributed by atoms with E-state index in [1.807, 2.05) is 0 Å². The van der Waals surface area contributed by atoms with E-state index in [9.17, 15) is 9.59 Å². The van der Waals surface area contributed by atoms with Gasteiger partial charge in [0.15, 0.2) is 0 Å². The van der Waals surface area contributed by atoms with Crippen LogP contribution in [0.3, 0.4) is 0 Å². The molecule has 1 atom stereocenters. The van der Waals surface area contributed by atoms with Crippen LogP contribution >= 0.6 is 11.8 Å². The van der Waals surface area contributed by atoms with Gasteiger partial charge in [-0.1, -0.05) is 0 Å². The Hall–Kier alpha value is -0.710. The maximum absolute atomic E-state index is 11.2. The first-order valence-corrected chi connectivity index (χ1v) is 4.60. The molecule has 3 amide bonds. The largest absolute Gasteiger partial charge is 0.322 e. The van der Waals surface area contributed by atoms with Crippen molar-refractivity contribution in [3.05, 3.63) is 0 Å². The van der Waals surface area contributed by atoms with Gasteiger partial charge < -0.3 is 5.32 Å². The number of nitrogens with one attached hydrogen (secondary N) is 2. The predicted molar refractivity (Wildman–Crippen MR) is 41.3 cm³/mol. The fourth-order valence-corrected chi connectivity index (χ4v) is 2.70. The van der Waals surface area contributed by atoms with Gasteiger partial charge in [-0.2, -0.15) is 11.8 Å². The van der Waals surface area contributed by atoms with Crippen molar-refractivity contribution in [2.75, 3.05) is 11.5 Å². The van der Waals surface area contributed by atoms with E-state index in [-0.39, 0.29) is 11.9 Å². The van der Waals surface area contributed by atoms with Crippen molar-refractivity contribution in [1.82, 2.24) is 10.6 Å². The molecule has 0 radical (unpaired) electrons. The molecule has 5 heteroatoms. The summed E-state index contributed by atoms with van der Waals surface area (Å²) < 4.78 is 0. The Morgan fingerprint density at radius 2 is 2.27 bits per heavy atom. The standard InChI is InChI=1S/C6H8N2O2S/c9-4-6(1-2-11-3-6)8-5(10)7-4/h1-3H2,(H2,7,8,9,10). The molecule has 0 aromatic heterocycles. The molecule has 60 valence electrons. The van der Waals surface area contributed by atoms with Gasteiger partial charge in [-0.05, 0) is 12.2 Å². The average Bonchev–Trinajstić information content (AvgIpc) is 2.45. The summed E-state index contributed by atoms with van der Waals surface area (Å²) in [5.74, 6) is 1.51. The number of thioether (sulfide) groups is 1. The molecule has 0 aliphatic carbocycles. The highest BCUT2D eigenvalue weighted by Crippen LogP contribution is 2.29. The van der Waals surface area contributed by atoms with Crippen molar-refractivity contribution >= 4 is 23.7 Å². The third kappa shape index (κ3) is 0.910. The van der Waals surface area contributed by atoms with Gasteiger partial charge in [0.05, 0.1) is 0 Å². The van der Waals surface area contributed by atoms with Gasteiger partial charge in [0.25, 0.3) is 5.91 Å². The lowest BCUT2D eigenvalue weighted by Crippen LogP contribution is -2.46. The second kappa shape index (κ2) is 2.14. The zero-order chi connectivity index (χ0) is 7.90. The predicted octanol–water partition coefficient (Wildman–Crippen LogP) is -0.299. The number of amides is 3. The first-order valence-electron chi connectivity index (χ1n) is 3.44. The summed E-state index contributed by atoms with van der Waals surface area (Å²) >= 11 is 1.70. The Bertz CT molecular complexity index is 223. The number of carbonyl (C=O) groups is 2. The summed E-state index contributed by atoms with van der Waals surface area (Å²) in [5, 5.41) is 4.91. The molecule has 2 heterocycles. The van der Waals surface area contributed by atoms with E-state index in [4.69, 9.17) is 0 Å². The minimum Gasteiger partial charge on any atom is -0.322 e. The van der Waals surface area contributed by atoms with Crippen LogP contribution in [0.25, 0.3) is 0 Å². The minimum atomic E-state index is -0.568. The van der Waals surface area contributed by atoms with E-state index < -0.39 is 5.54 Å². The number of rotatable bonds is 0. The monoisotopic (exact) mass is 172 g/mol. The normalized spacial score (nSPS) is 36.0. The number of urea groups is 1. The van der Waals surface area contributed by atoms with Crippen molar-refractivity contribution < 1.29 is 9.59 Å². The Kier molecular flexibility index (Phi) is 1.35. The summed E-state index contributed by atoms with van der Waals surface area (Å²) in [6.07, 6.45) is 0.759. The molecule has 0 aromatic carbocycles. The molecular formula is C6H8N2O2S. The van der Waals surface area contributed by atoms with Crippen molar-refractivity contribution in [2.45, 2.75) is 12.0 Å². The Morgan fingerprint density at radius 3 is 2.73 bits per heavy atom. The second-order valence-corrected chi connectivity index (χ2v) is 3.90. The van der Waals surface area contributed by atoms with Crippen molar-refractivity contribution in [3.8, 4) is 0 Å².